The molecule has 1 rings (SSSR count). The Bertz CT molecular complexity index is 535. The van der Waals surface area contributed by atoms with E-state index in [9.17, 15) is 12.8 Å². The third-order valence-corrected chi connectivity index (χ3v) is 4.59. The van der Waals surface area contributed by atoms with Crippen LogP contribution >= 0.6 is 0 Å². The van der Waals surface area contributed by atoms with Crippen molar-refractivity contribution < 1.29 is 12.8 Å². The molecule has 114 valence electrons. The zero-order valence-corrected chi connectivity index (χ0v) is 13.1. The first-order valence-electron chi connectivity index (χ1n) is 6.63. The Kier molecular flexibility index (Phi) is 5.68. The lowest BCUT2D eigenvalue weighted by Crippen LogP contribution is -2.40. The highest BCUT2D eigenvalue weighted by molar-refractivity contribution is 7.86. The van der Waals surface area contributed by atoms with Crippen LogP contribution < -0.4 is 5.14 Å². The molecule has 6 heteroatoms. The zero-order chi connectivity index (χ0) is 15.5. The van der Waals surface area contributed by atoms with E-state index in [2.05, 4.69) is 6.58 Å². The molecule has 0 amide bonds. The summed E-state index contributed by atoms with van der Waals surface area (Å²) in [5.74, 6) is -0.408. The van der Waals surface area contributed by atoms with Crippen molar-refractivity contribution in [3.8, 4) is 0 Å². The summed E-state index contributed by atoms with van der Waals surface area (Å²) >= 11 is 0. The SMILES string of the molecule is C=CC(/C(F)=C\C1=C(C)CN(S(N)(=O)=O)CC1)C(C)C. The van der Waals surface area contributed by atoms with E-state index in [1.807, 2.05) is 13.8 Å². The Morgan fingerprint density at radius 2 is 2.10 bits per heavy atom. The predicted molar refractivity (Wildman–Crippen MR) is 79.7 cm³/mol. The number of hydrogen-bond acceptors (Lipinski definition) is 2. The molecule has 0 aromatic rings. The van der Waals surface area contributed by atoms with Crippen LogP contribution in [0.5, 0.6) is 0 Å². The summed E-state index contributed by atoms with van der Waals surface area (Å²) in [6.45, 7) is 9.84. The van der Waals surface area contributed by atoms with E-state index in [1.54, 1.807) is 13.0 Å². The molecule has 0 saturated heterocycles. The fourth-order valence-electron chi connectivity index (χ4n) is 2.28. The number of hydrogen-bond donors (Lipinski definition) is 1. The van der Waals surface area contributed by atoms with Gasteiger partial charge in [-0.2, -0.15) is 12.7 Å². The fourth-order valence-corrected chi connectivity index (χ4v) is 3.00. The molecule has 0 radical (unpaired) electrons. The second kappa shape index (κ2) is 6.65. The lowest BCUT2D eigenvalue weighted by atomic mass is 9.92. The average Bonchev–Trinajstić information content (AvgIpc) is 2.30. The van der Waals surface area contributed by atoms with Crippen LogP contribution in [0, 0.1) is 11.8 Å². The zero-order valence-electron chi connectivity index (χ0n) is 12.3. The molecule has 0 saturated carbocycles. The van der Waals surface area contributed by atoms with Gasteiger partial charge in [-0.3, -0.25) is 0 Å². The van der Waals surface area contributed by atoms with E-state index in [0.717, 1.165) is 11.1 Å². The molecule has 1 heterocycles. The smallest absolute Gasteiger partial charge is 0.216 e. The van der Waals surface area contributed by atoms with Crippen molar-refractivity contribution in [3.05, 3.63) is 35.7 Å². The minimum atomic E-state index is -3.68. The summed E-state index contributed by atoms with van der Waals surface area (Å²) in [5, 5.41) is 5.10. The first-order valence-corrected chi connectivity index (χ1v) is 8.13. The van der Waals surface area contributed by atoms with Crippen LogP contribution in [0.2, 0.25) is 0 Å². The van der Waals surface area contributed by atoms with Crippen LogP contribution in [0.15, 0.2) is 35.7 Å². The van der Waals surface area contributed by atoms with Crippen LogP contribution in [0.25, 0.3) is 0 Å². The van der Waals surface area contributed by atoms with E-state index in [1.165, 1.54) is 10.4 Å². The first kappa shape index (κ1) is 17.1. The Balaban J connectivity index is 2.96. The molecule has 0 spiro atoms. The van der Waals surface area contributed by atoms with Crippen LogP contribution in [0.4, 0.5) is 4.39 Å². The Morgan fingerprint density at radius 1 is 1.50 bits per heavy atom. The van der Waals surface area contributed by atoms with Gasteiger partial charge in [-0.25, -0.2) is 9.53 Å². The van der Waals surface area contributed by atoms with Gasteiger partial charge in [-0.15, -0.1) is 6.58 Å². The van der Waals surface area contributed by atoms with Crippen LogP contribution in [-0.2, 0) is 10.2 Å². The molecule has 1 unspecified atom stereocenters. The lowest BCUT2D eigenvalue weighted by molar-refractivity contribution is 0.417. The molecular formula is C14H23FN2O2S. The summed E-state index contributed by atoms with van der Waals surface area (Å²) < 4.78 is 38.0. The predicted octanol–water partition coefficient (Wildman–Crippen LogP) is 2.52. The molecule has 0 aromatic carbocycles. The second-order valence-corrected chi connectivity index (χ2v) is 7.02. The molecule has 0 aromatic heterocycles. The molecule has 1 aliphatic heterocycles. The minimum Gasteiger partial charge on any atom is -0.216 e. The normalized spacial score (nSPS) is 20.4. The van der Waals surface area contributed by atoms with Gasteiger partial charge in [0.05, 0.1) is 0 Å². The van der Waals surface area contributed by atoms with Crippen LogP contribution in [0.1, 0.15) is 27.2 Å². The topological polar surface area (TPSA) is 63.4 Å². The molecule has 0 aliphatic carbocycles. The van der Waals surface area contributed by atoms with Gasteiger partial charge in [0.2, 0.25) is 0 Å². The minimum absolute atomic E-state index is 0.133. The average molecular weight is 302 g/mol. The molecule has 4 nitrogen and oxygen atoms in total. The van der Waals surface area contributed by atoms with E-state index in [4.69, 9.17) is 5.14 Å². The summed E-state index contributed by atoms with van der Waals surface area (Å²) in [6.07, 6.45) is 3.59. The summed E-state index contributed by atoms with van der Waals surface area (Å²) in [4.78, 5) is 0. The van der Waals surface area contributed by atoms with Crippen molar-refractivity contribution in [1.29, 1.82) is 0 Å². The van der Waals surface area contributed by atoms with E-state index in [0.29, 0.717) is 6.42 Å². The van der Waals surface area contributed by atoms with Gasteiger partial charge in [-0.05, 0) is 30.9 Å². The van der Waals surface area contributed by atoms with E-state index in [-0.39, 0.29) is 30.8 Å². The maximum Gasteiger partial charge on any atom is 0.277 e. The Morgan fingerprint density at radius 3 is 2.50 bits per heavy atom. The fraction of sp³-hybridized carbons (Fsp3) is 0.571. The van der Waals surface area contributed by atoms with E-state index >= 15 is 0 Å². The number of nitrogens with two attached hydrogens (primary N) is 1. The first-order chi connectivity index (χ1) is 9.16. The lowest BCUT2D eigenvalue weighted by Gasteiger charge is -2.26. The molecule has 0 bridgehead atoms. The molecule has 1 aliphatic rings. The molecule has 20 heavy (non-hydrogen) atoms. The van der Waals surface area contributed by atoms with Crippen LogP contribution in [0.3, 0.4) is 0 Å². The van der Waals surface area contributed by atoms with Gasteiger partial charge in [0.1, 0.15) is 5.83 Å². The monoisotopic (exact) mass is 302 g/mol. The van der Waals surface area contributed by atoms with Crippen molar-refractivity contribution in [1.82, 2.24) is 4.31 Å². The van der Waals surface area contributed by atoms with Gasteiger partial charge in [0.25, 0.3) is 10.2 Å². The molecule has 2 N–H and O–H groups in total. The quantitative estimate of drug-likeness (QED) is 0.793. The van der Waals surface area contributed by atoms with Crippen molar-refractivity contribution in [3.63, 3.8) is 0 Å². The highest BCUT2D eigenvalue weighted by Crippen LogP contribution is 2.27. The number of halogens is 1. The summed E-state index contributed by atoms with van der Waals surface area (Å²) in [6, 6.07) is 0. The molecule has 1 atom stereocenters. The highest BCUT2D eigenvalue weighted by atomic mass is 32.2. The van der Waals surface area contributed by atoms with Crippen molar-refractivity contribution in [2.24, 2.45) is 17.0 Å². The highest BCUT2D eigenvalue weighted by Gasteiger charge is 2.24. The summed E-state index contributed by atoms with van der Waals surface area (Å²) in [7, 11) is -3.68. The van der Waals surface area contributed by atoms with Crippen molar-refractivity contribution in [2.45, 2.75) is 27.2 Å². The number of rotatable bonds is 5. The van der Waals surface area contributed by atoms with Gasteiger partial charge in [-0.1, -0.05) is 25.5 Å². The molecule has 0 fully saturated rings. The largest absolute Gasteiger partial charge is 0.277 e. The van der Waals surface area contributed by atoms with Gasteiger partial charge in [0, 0.05) is 19.0 Å². The Hall–Kier alpha value is -0.980. The van der Waals surface area contributed by atoms with Crippen molar-refractivity contribution >= 4 is 10.2 Å². The van der Waals surface area contributed by atoms with Gasteiger partial charge in [0.15, 0.2) is 0 Å². The second-order valence-electron chi connectivity index (χ2n) is 5.47. The number of nitrogens with zero attached hydrogens (tertiary/aromatic N) is 1. The van der Waals surface area contributed by atoms with Crippen LogP contribution in [-0.4, -0.2) is 25.8 Å². The standard InChI is InChI=1S/C14H23FN2O2S/c1-5-13(10(2)3)14(15)8-12-6-7-17(9-11(12)4)20(16,18)19/h5,8,10,13H,1,6-7,9H2,2-4H3,(H2,16,18,19)/b14-8+. The van der Waals surface area contributed by atoms with Crippen molar-refractivity contribution in [2.75, 3.05) is 13.1 Å². The van der Waals surface area contributed by atoms with E-state index < -0.39 is 10.2 Å². The third kappa shape index (κ3) is 4.26. The Labute approximate surface area is 121 Å². The maximum atomic E-state index is 14.2. The number of allylic oxidation sites excluding steroid dienone is 3. The third-order valence-electron chi connectivity index (χ3n) is 3.55. The summed E-state index contributed by atoms with van der Waals surface area (Å²) in [5.41, 5.74) is 1.67. The van der Waals surface area contributed by atoms with Gasteiger partial charge >= 0.3 is 0 Å². The van der Waals surface area contributed by atoms with Gasteiger partial charge < -0.3 is 0 Å². The maximum absolute atomic E-state index is 14.2. The molecular weight excluding hydrogens is 279 g/mol.